The Morgan fingerprint density at radius 1 is 0.686 bits per heavy atom. The van der Waals surface area contributed by atoms with Gasteiger partial charge in [-0.15, -0.1) is 0 Å². The van der Waals surface area contributed by atoms with Crippen molar-refractivity contribution in [2.45, 2.75) is 148 Å². The van der Waals surface area contributed by atoms with Crippen LogP contribution in [0.5, 0.6) is 0 Å². The van der Waals surface area contributed by atoms with Crippen molar-refractivity contribution in [1.82, 2.24) is 5.32 Å². The Morgan fingerprint density at radius 3 is 1.80 bits per heavy atom. The highest BCUT2D eigenvalue weighted by Gasteiger charge is 2.27. The molecule has 0 fully saturated rings. The highest BCUT2D eigenvalue weighted by Crippen LogP contribution is 2.43. The number of nitrogens with zero attached hydrogens (tertiary/aromatic N) is 1. The first-order chi connectivity index (χ1) is 24.5. The summed E-state index contributed by atoms with van der Waals surface area (Å²) >= 11 is 0. The predicted octanol–water partition coefficient (Wildman–Crippen LogP) is 10.5. The zero-order valence-corrected chi connectivity index (χ0v) is 34.0. The van der Waals surface area contributed by atoms with E-state index in [4.69, 9.17) is 9.05 Å². The number of allylic oxidation sites excluding steroid dienone is 11. The fraction of sp³-hybridized carbons (Fsp3) is 0.690. The molecule has 0 heterocycles. The van der Waals surface area contributed by atoms with Gasteiger partial charge in [-0.2, -0.15) is 0 Å². The van der Waals surface area contributed by atoms with E-state index in [1.54, 1.807) is 6.08 Å². The van der Waals surface area contributed by atoms with Crippen molar-refractivity contribution in [1.29, 1.82) is 0 Å². The van der Waals surface area contributed by atoms with Crippen molar-refractivity contribution in [3.63, 3.8) is 0 Å². The number of hydrogen-bond acceptors (Lipinski definition) is 5. The Balaban J connectivity index is 4.57. The van der Waals surface area contributed by atoms with Crippen LogP contribution in [0.1, 0.15) is 136 Å². The number of quaternary nitrogens is 1. The Labute approximate surface area is 313 Å². The van der Waals surface area contributed by atoms with Crippen molar-refractivity contribution in [3.05, 3.63) is 72.9 Å². The first kappa shape index (κ1) is 48.9. The number of rotatable bonds is 34. The molecular formula is C42H76N2O6P+. The van der Waals surface area contributed by atoms with Crippen molar-refractivity contribution >= 4 is 13.7 Å². The summed E-state index contributed by atoms with van der Waals surface area (Å²) in [5.74, 6) is -0.208. The fourth-order valence-corrected chi connectivity index (χ4v) is 5.69. The van der Waals surface area contributed by atoms with Crippen LogP contribution in [-0.4, -0.2) is 73.4 Å². The molecule has 0 aliphatic carbocycles. The van der Waals surface area contributed by atoms with Crippen LogP contribution in [0.3, 0.4) is 0 Å². The number of unbranched alkanes of at least 4 members (excludes halogenated alkanes) is 11. The molecular weight excluding hydrogens is 659 g/mol. The number of carbonyl (C=O) groups excluding carboxylic acids is 1. The molecule has 0 aromatic rings. The van der Waals surface area contributed by atoms with Crippen LogP contribution in [0.15, 0.2) is 72.9 Å². The molecule has 0 aliphatic heterocycles. The van der Waals surface area contributed by atoms with E-state index >= 15 is 0 Å². The quantitative estimate of drug-likeness (QED) is 0.0263. The molecule has 0 saturated heterocycles. The maximum Gasteiger partial charge on any atom is 0.472 e. The van der Waals surface area contributed by atoms with Gasteiger partial charge >= 0.3 is 7.82 Å². The number of carbonyl (C=O) groups is 1. The lowest BCUT2D eigenvalue weighted by atomic mass is 10.1. The third-order valence-electron chi connectivity index (χ3n) is 8.14. The average molecular weight is 736 g/mol. The molecule has 0 radical (unpaired) electrons. The van der Waals surface area contributed by atoms with Crippen LogP contribution in [0.2, 0.25) is 0 Å². The van der Waals surface area contributed by atoms with E-state index in [1.807, 2.05) is 27.2 Å². The average Bonchev–Trinajstić information content (AvgIpc) is 3.07. The zero-order chi connectivity index (χ0) is 37.9. The fourth-order valence-electron chi connectivity index (χ4n) is 4.95. The number of phosphoric acid groups is 1. The second kappa shape index (κ2) is 33.8. The molecule has 294 valence electrons. The van der Waals surface area contributed by atoms with Crippen molar-refractivity contribution < 1.29 is 32.9 Å². The van der Waals surface area contributed by atoms with Crippen molar-refractivity contribution in [2.75, 3.05) is 40.9 Å². The Hall–Kier alpha value is -2.06. The molecule has 9 heteroatoms. The molecule has 0 bridgehead atoms. The number of phosphoric ester groups is 1. The Bertz CT molecular complexity index is 1060. The van der Waals surface area contributed by atoms with Gasteiger partial charge in [0.25, 0.3) is 0 Å². The molecule has 0 rings (SSSR count). The van der Waals surface area contributed by atoms with Gasteiger partial charge in [0.2, 0.25) is 5.91 Å². The van der Waals surface area contributed by atoms with Crippen LogP contribution >= 0.6 is 7.82 Å². The van der Waals surface area contributed by atoms with Gasteiger partial charge < -0.3 is 19.8 Å². The van der Waals surface area contributed by atoms with Crippen molar-refractivity contribution in [3.8, 4) is 0 Å². The topological polar surface area (TPSA) is 105 Å². The minimum Gasteiger partial charge on any atom is -0.387 e. The first-order valence-electron chi connectivity index (χ1n) is 19.8. The van der Waals surface area contributed by atoms with Gasteiger partial charge in [0, 0.05) is 6.42 Å². The molecule has 3 unspecified atom stereocenters. The summed E-state index contributed by atoms with van der Waals surface area (Å²) in [7, 11) is 1.52. The molecule has 3 N–H and O–H groups in total. The van der Waals surface area contributed by atoms with Crippen LogP contribution < -0.4 is 5.32 Å². The molecule has 3 atom stereocenters. The third kappa shape index (κ3) is 36.1. The lowest BCUT2D eigenvalue weighted by molar-refractivity contribution is -0.870. The zero-order valence-electron chi connectivity index (χ0n) is 33.1. The number of hydrogen-bond donors (Lipinski definition) is 3. The third-order valence-corrected chi connectivity index (χ3v) is 9.12. The van der Waals surface area contributed by atoms with E-state index in [9.17, 15) is 19.4 Å². The van der Waals surface area contributed by atoms with Gasteiger partial charge in [0.05, 0.1) is 39.9 Å². The number of nitrogens with one attached hydrogen (secondary N) is 1. The summed E-state index contributed by atoms with van der Waals surface area (Å²) in [6, 6.07) is -0.876. The highest BCUT2D eigenvalue weighted by atomic mass is 31.2. The van der Waals surface area contributed by atoms with E-state index in [0.29, 0.717) is 17.4 Å². The van der Waals surface area contributed by atoms with Crippen molar-refractivity contribution in [2.24, 2.45) is 0 Å². The number of aliphatic hydroxyl groups is 1. The largest absolute Gasteiger partial charge is 0.472 e. The van der Waals surface area contributed by atoms with Gasteiger partial charge in [-0.25, -0.2) is 4.57 Å². The summed E-state index contributed by atoms with van der Waals surface area (Å²) in [4.78, 5) is 23.0. The smallest absolute Gasteiger partial charge is 0.387 e. The molecule has 0 aromatic carbocycles. The van der Waals surface area contributed by atoms with Crippen LogP contribution in [0.4, 0.5) is 0 Å². The second-order valence-corrected chi connectivity index (χ2v) is 15.7. The minimum absolute atomic E-state index is 0.0475. The Morgan fingerprint density at radius 2 is 1.20 bits per heavy atom. The highest BCUT2D eigenvalue weighted by molar-refractivity contribution is 7.47. The summed E-state index contributed by atoms with van der Waals surface area (Å²) in [5.41, 5.74) is 0. The van der Waals surface area contributed by atoms with Gasteiger partial charge in [-0.05, 0) is 70.6 Å². The van der Waals surface area contributed by atoms with Gasteiger partial charge in [-0.3, -0.25) is 13.8 Å². The number of amides is 1. The van der Waals surface area contributed by atoms with Gasteiger partial charge in [-0.1, -0.05) is 132 Å². The standard InChI is InChI=1S/C42H75N2O6P/c1-6-8-10-12-14-16-18-20-21-22-23-24-26-28-30-32-34-36-42(46)43-40(39-50-51(47,48)49-38-37-44(3,4)5)41(45)35-33-31-29-27-25-19-17-15-13-11-9-7-2/h8,10,13-16,20-21,25,27,33,35,40-41,45H,6-7,9,11-12,17-19,22-24,26,28-32,34,36-39H2,1-5H3,(H-,43,46,47,48)/p+1/b10-8-,15-13+,16-14-,21-20-,27-25+,35-33+. The normalized spacial score (nSPS) is 15.4. The number of likely N-dealkylation sites (N-methyl/N-ethyl adjacent to an activating group) is 1. The minimum atomic E-state index is -4.35. The Kier molecular flexibility index (Phi) is 32.4. The summed E-state index contributed by atoms with van der Waals surface area (Å²) in [6.07, 6.45) is 44.0. The lowest BCUT2D eigenvalue weighted by Gasteiger charge is -2.25. The maximum absolute atomic E-state index is 12.8. The molecule has 0 saturated carbocycles. The van der Waals surface area contributed by atoms with E-state index < -0.39 is 20.0 Å². The van der Waals surface area contributed by atoms with E-state index in [1.165, 1.54) is 32.1 Å². The molecule has 8 nitrogen and oxygen atoms in total. The van der Waals surface area contributed by atoms with E-state index in [0.717, 1.165) is 83.5 Å². The van der Waals surface area contributed by atoms with E-state index in [2.05, 4.69) is 79.9 Å². The predicted molar refractivity (Wildman–Crippen MR) is 216 cm³/mol. The van der Waals surface area contributed by atoms with Crippen LogP contribution in [-0.2, 0) is 18.4 Å². The summed E-state index contributed by atoms with van der Waals surface area (Å²) in [6.45, 7) is 4.58. The molecule has 0 aliphatic rings. The summed E-state index contributed by atoms with van der Waals surface area (Å²) in [5, 5.41) is 13.7. The molecule has 51 heavy (non-hydrogen) atoms. The van der Waals surface area contributed by atoms with E-state index in [-0.39, 0.29) is 19.1 Å². The first-order valence-corrected chi connectivity index (χ1v) is 21.3. The summed E-state index contributed by atoms with van der Waals surface area (Å²) < 4.78 is 23.4. The molecule has 0 aromatic heterocycles. The number of aliphatic hydroxyl groups excluding tert-OH is 1. The van der Waals surface area contributed by atoms with Crippen LogP contribution in [0.25, 0.3) is 0 Å². The second-order valence-electron chi connectivity index (χ2n) is 14.3. The monoisotopic (exact) mass is 736 g/mol. The molecule has 0 spiro atoms. The lowest BCUT2D eigenvalue weighted by Crippen LogP contribution is -2.45. The maximum atomic E-state index is 12.8. The molecule has 1 amide bonds. The van der Waals surface area contributed by atoms with Crippen LogP contribution in [0, 0.1) is 0 Å². The van der Waals surface area contributed by atoms with Gasteiger partial charge in [0.1, 0.15) is 13.2 Å². The van der Waals surface area contributed by atoms with Gasteiger partial charge in [0.15, 0.2) is 0 Å². The SMILES string of the molecule is CC/C=C\C/C=C\C/C=C\CCCCCCCCCC(=O)NC(COP(=O)(O)OCC[N+](C)(C)C)C(O)/C=C/CC/C=C/CC/C=C/CCCC.